The number of hydrogen-bond donors (Lipinski definition) is 1. The minimum absolute atomic E-state index is 0.0460. The van der Waals surface area contributed by atoms with Gasteiger partial charge in [0.05, 0.1) is 0 Å². The molecule has 0 aliphatic carbocycles. The average Bonchev–Trinajstić information content (AvgIpc) is 3.40. The van der Waals surface area contributed by atoms with Crippen LogP contribution in [-0.2, 0) is 29.0 Å². The van der Waals surface area contributed by atoms with Crippen molar-refractivity contribution >= 4 is 22.6 Å². The number of rotatable bonds is 4. The fourth-order valence-electron chi connectivity index (χ4n) is 4.07. The molecule has 0 spiro atoms. The zero-order valence-electron chi connectivity index (χ0n) is 15.6. The fourth-order valence-corrected chi connectivity index (χ4v) is 4.07. The number of carbonyl (C=O) groups excluding carboxylic acids is 1. The molecule has 1 saturated heterocycles. The first-order valence-electron chi connectivity index (χ1n) is 9.73. The average molecular weight is 378 g/mol. The minimum Gasteiger partial charge on any atom is -0.368 e. The standard InChI is InChI=1S/C21H22N4O3/c26-21(19-5-2-10-27-19)22-17-7-6-14-8-9-25(13-16(14)11-17)12-15-3-1-4-18-20(15)24-28-23-18/h1,3-4,6-7,11,19H,2,5,8-10,12-13H2,(H,22,26). The number of nitrogens with zero attached hydrogens (tertiary/aromatic N) is 3. The Balaban J connectivity index is 1.30. The first-order chi connectivity index (χ1) is 13.8. The smallest absolute Gasteiger partial charge is 0.253 e. The van der Waals surface area contributed by atoms with Crippen LogP contribution in [0.2, 0.25) is 0 Å². The van der Waals surface area contributed by atoms with Crippen molar-refractivity contribution in [3.63, 3.8) is 0 Å². The summed E-state index contributed by atoms with van der Waals surface area (Å²) in [4.78, 5) is 14.7. The van der Waals surface area contributed by atoms with Crippen molar-refractivity contribution in [1.29, 1.82) is 0 Å². The van der Waals surface area contributed by atoms with Crippen LogP contribution in [0.3, 0.4) is 0 Å². The summed E-state index contributed by atoms with van der Waals surface area (Å²) in [6.45, 7) is 3.28. The Hall–Kier alpha value is -2.77. The van der Waals surface area contributed by atoms with Crippen molar-refractivity contribution < 1.29 is 14.2 Å². The maximum Gasteiger partial charge on any atom is 0.253 e. The van der Waals surface area contributed by atoms with Gasteiger partial charge >= 0.3 is 0 Å². The molecule has 0 radical (unpaired) electrons. The predicted octanol–water partition coefficient (Wildman–Crippen LogP) is 2.90. The Kier molecular flexibility index (Phi) is 4.54. The van der Waals surface area contributed by atoms with Crippen LogP contribution in [-0.4, -0.2) is 40.4 Å². The Bertz CT molecular complexity index is 1010. The summed E-state index contributed by atoms with van der Waals surface area (Å²) in [5, 5.41) is 11.0. The topological polar surface area (TPSA) is 80.5 Å². The maximum atomic E-state index is 12.3. The summed E-state index contributed by atoms with van der Waals surface area (Å²) < 4.78 is 10.3. The highest BCUT2D eigenvalue weighted by Crippen LogP contribution is 2.26. The Labute approximate surface area is 162 Å². The molecule has 7 nitrogen and oxygen atoms in total. The highest BCUT2D eigenvalue weighted by molar-refractivity contribution is 5.94. The van der Waals surface area contributed by atoms with Crippen molar-refractivity contribution in [2.45, 2.75) is 38.5 Å². The molecule has 1 fully saturated rings. The number of nitrogens with one attached hydrogen (secondary N) is 1. The molecule has 2 aliphatic heterocycles. The van der Waals surface area contributed by atoms with E-state index in [1.807, 2.05) is 18.2 Å². The van der Waals surface area contributed by atoms with Crippen molar-refractivity contribution in [2.75, 3.05) is 18.5 Å². The highest BCUT2D eigenvalue weighted by Gasteiger charge is 2.24. The van der Waals surface area contributed by atoms with Crippen molar-refractivity contribution in [3.8, 4) is 0 Å². The third-order valence-electron chi connectivity index (χ3n) is 5.55. The zero-order valence-corrected chi connectivity index (χ0v) is 15.6. The van der Waals surface area contributed by atoms with E-state index in [0.29, 0.717) is 6.61 Å². The van der Waals surface area contributed by atoms with Gasteiger partial charge in [-0.2, -0.15) is 0 Å². The van der Waals surface area contributed by atoms with Crippen LogP contribution in [0, 0.1) is 0 Å². The van der Waals surface area contributed by atoms with Gasteiger partial charge in [-0.3, -0.25) is 9.69 Å². The van der Waals surface area contributed by atoms with E-state index < -0.39 is 0 Å². The largest absolute Gasteiger partial charge is 0.368 e. The lowest BCUT2D eigenvalue weighted by Gasteiger charge is -2.29. The maximum absolute atomic E-state index is 12.3. The van der Waals surface area contributed by atoms with E-state index in [4.69, 9.17) is 9.37 Å². The molecule has 2 aromatic carbocycles. The first kappa shape index (κ1) is 17.3. The molecule has 1 unspecified atom stereocenters. The normalized spacial score (nSPS) is 19.6. The minimum atomic E-state index is -0.316. The van der Waals surface area contributed by atoms with E-state index >= 15 is 0 Å². The molecular weight excluding hydrogens is 356 g/mol. The second kappa shape index (κ2) is 7.33. The second-order valence-corrected chi connectivity index (χ2v) is 7.48. The summed E-state index contributed by atoms with van der Waals surface area (Å²) in [6, 6.07) is 12.2. The van der Waals surface area contributed by atoms with Gasteiger partial charge in [0.2, 0.25) is 0 Å². The lowest BCUT2D eigenvalue weighted by atomic mass is 9.98. The zero-order chi connectivity index (χ0) is 18.9. The SMILES string of the molecule is O=C(Nc1ccc2c(c1)CN(Cc1cccc3nonc13)CC2)C1CCCO1. The van der Waals surface area contributed by atoms with Crippen LogP contribution in [0.15, 0.2) is 41.0 Å². The molecule has 3 heterocycles. The molecule has 2 aliphatic rings. The van der Waals surface area contributed by atoms with E-state index in [-0.39, 0.29) is 12.0 Å². The van der Waals surface area contributed by atoms with Crippen molar-refractivity contribution in [1.82, 2.24) is 15.2 Å². The third-order valence-corrected chi connectivity index (χ3v) is 5.55. The van der Waals surface area contributed by atoms with Gasteiger partial charge in [-0.05, 0) is 64.5 Å². The monoisotopic (exact) mass is 378 g/mol. The number of amides is 1. The fraction of sp³-hybridized carbons (Fsp3) is 0.381. The van der Waals surface area contributed by atoms with Gasteiger partial charge in [0.15, 0.2) is 0 Å². The number of fused-ring (bicyclic) bond motifs is 2. The van der Waals surface area contributed by atoms with Crippen LogP contribution in [0.4, 0.5) is 5.69 Å². The second-order valence-electron chi connectivity index (χ2n) is 7.48. The molecule has 7 heteroatoms. The Morgan fingerprint density at radius 3 is 3.07 bits per heavy atom. The van der Waals surface area contributed by atoms with Gasteiger partial charge in [-0.15, -0.1) is 0 Å². The van der Waals surface area contributed by atoms with Crippen LogP contribution < -0.4 is 5.32 Å². The molecule has 3 aromatic rings. The van der Waals surface area contributed by atoms with Crippen LogP contribution >= 0.6 is 0 Å². The summed E-state index contributed by atoms with van der Waals surface area (Å²) in [7, 11) is 0. The highest BCUT2D eigenvalue weighted by atomic mass is 16.6. The lowest BCUT2D eigenvalue weighted by molar-refractivity contribution is -0.124. The first-order valence-corrected chi connectivity index (χ1v) is 9.73. The molecule has 1 amide bonds. The summed E-state index contributed by atoms with van der Waals surface area (Å²) >= 11 is 0. The van der Waals surface area contributed by atoms with Gasteiger partial charge in [0, 0.05) is 31.9 Å². The lowest BCUT2D eigenvalue weighted by Crippen LogP contribution is -2.30. The summed E-state index contributed by atoms with van der Waals surface area (Å²) in [5.74, 6) is -0.0460. The van der Waals surface area contributed by atoms with E-state index in [0.717, 1.165) is 61.2 Å². The Morgan fingerprint density at radius 1 is 1.21 bits per heavy atom. The van der Waals surface area contributed by atoms with Crippen molar-refractivity contribution in [3.05, 3.63) is 53.1 Å². The predicted molar refractivity (Wildman–Crippen MR) is 104 cm³/mol. The summed E-state index contributed by atoms with van der Waals surface area (Å²) in [5.41, 5.74) is 6.16. The number of ether oxygens (including phenoxy) is 1. The van der Waals surface area contributed by atoms with E-state index in [1.54, 1.807) is 0 Å². The van der Waals surface area contributed by atoms with Gasteiger partial charge < -0.3 is 10.1 Å². The quantitative estimate of drug-likeness (QED) is 0.752. The van der Waals surface area contributed by atoms with E-state index in [9.17, 15) is 4.79 Å². The molecule has 1 N–H and O–H groups in total. The number of benzene rings is 2. The molecule has 0 bridgehead atoms. The number of anilines is 1. The van der Waals surface area contributed by atoms with Gasteiger partial charge in [-0.25, -0.2) is 4.63 Å². The summed E-state index contributed by atoms with van der Waals surface area (Å²) in [6.07, 6.45) is 2.42. The number of carbonyl (C=O) groups is 1. The van der Waals surface area contributed by atoms with Crippen LogP contribution in [0.5, 0.6) is 0 Å². The molecule has 1 atom stereocenters. The van der Waals surface area contributed by atoms with Gasteiger partial charge in [0.25, 0.3) is 5.91 Å². The molecule has 5 rings (SSSR count). The molecule has 0 saturated carbocycles. The Morgan fingerprint density at radius 2 is 2.18 bits per heavy atom. The molecule has 1 aromatic heterocycles. The number of hydrogen-bond acceptors (Lipinski definition) is 6. The molecular formula is C21H22N4O3. The third kappa shape index (κ3) is 3.39. The number of aromatic nitrogens is 2. The molecule has 144 valence electrons. The van der Waals surface area contributed by atoms with Crippen LogP contribution in [0.25, 0.3) is 11.0 Å². The van der Waals surface area contributed by atoms with Crippen molar-refractivity contribution in [2.24, 2.45) is 0 Å². The van der Waals surface area contributed by atoms with Crippen LogP contribution in [0.1, 0.15) is 29.5 Å². The van der Waals surface area contributed by atoms with E-state index in [2.05, 4.69) is 38.7 Å². The van der Waals surface area contributed by atoms with Gasteiger partial charge in [-0.1, -0.05) is 18.2 Å². The van der Waals surface area contributed by atoms with E-state index in [1.165, 1.54) is 11.1 Å². The molecule has 28 heavy (non-hydrogen) atoms. The van der Waals surface area contributed by atoms with Gasteiger partial charge in [0.1, 0.15) is 17.1 Å².